The van der Waals surface area contributed by atoms with Crippen LogP contribution in [-0.4, -0.2) is 27.2 Å². The van der Waals surface area contributed by atoms with Gasteiger partial charge in [-0.05, 0) is 42.0 Å². The van der Waals surface area contributed by atoms with Gasteiger partial charge in [-0.2, -0.15) is 0 Å². The summed E-state index contributed by atoms with van der Waals surface area (Å²) in [7, 11) is 0. The number of imidazole rings is 1. The quantitative estimate of drug-likeness (QED) is 0.570. The van der Waals surface area contributed by atoms with Crippen LogP contribution in [0, 0.1) is 0 Å². The Labute approximate surface area is 166 Å². The van der Waals surface area contributed by atoms with Crippen molar-refractivity contribution in [3.05, 3.63) is 72.6 Å². The Bertz CT molecular complexity index is 1190. The van der Waals surface area contributed by atoms with Gasteiger partial charge in [0, 0.05) is 24.5 Å². The predicted octanol–water partition coefficient (Wildman–Crippen LogP) is 3.14. The summed E-state index contributed by atoms with van der Waals surface area (Å²) in [6.45, 7) is 0.801. The fraction of sp³-hybridized carbons (Fsp3) is 0.136. The molecular formula is C22H18N4O3. The van der Waals surface area contributed by atoms with E-state index in [1.165, 1.54) is 0 Å². The highest BCUT2D eigenvalue weighted by atomic mass is 16.7. The number of carbonyl (C=O) groups excluding carboxylic acids is 1. The number of pyridine rings is 1. The highest BCUT2D eigenvalue weighted by Crippen LogP contribution is 2.32. The molecule has 7 heteroatoms. The van der Waals surface area contributed by atoms with Gasteiger partial charge in [0.2, 0.25) is 12.7 Å². The van der Waals surface area contributed by atoms with Crippen molar-refractivity contribution in [3.8, 4) is 22.9 Å². The Hall–Kier alpha value is -3.87. The lowest BCUT2D eigenvalue weighted by Gasteiger charge is -2.10. The maximum atomic E-state index is 12.7. The monoisotopic (exact) mass is 386 g/mol. The first-order valence-electron chi connectivity index (χ1n) is 9.29. The zero-order valence-electron chi connectivity index (χ0n) is 15.5. The molecule has 7 nitrogen and oxygen atoms in total. The van der Waals surface area contributed by atoms with Gasteiger partial charge < -0.3 is 19.4 Å². The van der Waals surface area contributed by atoms with E-state index < -0.39 is 0 Å². The number of ether oxygens (including phenoxy) is 2. The molecule has 29 heavy (non-hydrogen) atoms. The van der Waals surface area contributed by atoms with Crippen molar-refractivity contribution in [1.29, 1.82) is 0 Å². The van der Waals surface area contributed by atoms with Crippen LogP contribution in [0.25, 0.3) is 22.4 Å². The molecule has 0 saturated heterocycles. The second kappa shape index (κ2) is 7.27. The summed E-state index contributed by atoms with van der Waals surface area (Å²) in [5.41, 5.74) is 3.57. The Morgan fingerprint density at radius 3 is 2.86 bits per heavy atom. The van der Waals surface area contributed by atoms with Gasteiger partial charge in [0.1, 0.15) is 12.4 Å². The number of nitrogens with one attached hydrogen (secondary N) is 1. The summed E-state index contributed by atoms with van der Waals surface area (Å²) >= 11 is 0. The average Bonchev–Trinajstić information content (AvgIpc) is 3.37. The first kappa shape index (κ1) is 17.2. The smallest absolute Gasteiger partial charge is 0.240 e. The van der Waals surface area contributed by atoms with E-state index in [2.05, 4.69) is 10.3 Å². The molecule has 0 atom stereocenters. The molecule has 0 saturated carbocycles. The van der Waals surface area contributed by atoms with Crippen LogP contribution < -0.4 is 14.8 Å². The first-order chi connectivity index (χ1) is 14.3. The minimum Gasteiger partial charge on any atom is -0.454 e. The Kier molecular flexibility index (Phi) is 4.32. The molecule has 1 aliphatic rings. The number of benzene rings is 2. The van der Waals surface area contributed by atoms with Crippen LogP contribution in [0.3, 0.4) is 0 Å². The van der Waals surface area contributed by atoms with Crippen LogP contribution in [0.5, 0.6) is 11.5 Å². The molecular weight excluding hydrogens is 368 g/mol. The molecule has 2 aromatic heterocycles. The molecule has 3 heterocycles. The maximum absolute atomic E-state index is 12.7. The number of fused-ring (bicyclic) bond motifs is 2. The summed E-state index contributed by atoms with van der Waals surface area (Å²) in [6.07, 6.45) is 3.47. The summed E-state index contributed by atoms with van der Waals surface area (Å²) in [6, 6.07) is 17.2. The third-order valence-corrected chi connectivity index (χ3v) is 4.80. The van der Waals surface area contributed by atoms with Crippen LogP contribution in [0.4, 0.5) is 0 Å². The van der Waals surface area contributed by atoms with Crippen molar-refractivity contribution < 1.29 is 14.3 Å². The standard InChI is InChI=1S/C22H18N4O3/c27-21(24-11-15-7-8-19-20(10-15)29-14-28-19)13-26-18-6-2-1-5-17(18)25-22(26)16-4-3-9-23-12-16/h1-10,12H,11,13-14H2,(H,24,27). The number of hydrogen-bond acceptors (Lipinski definition) is 5. The fourth-order valence-corrected chi connectivity index (χ4v) is 3.40. The van der Waals surface area contributed by atoms with E-state index >= 15 is 0 Å². The molecule has 0 spiro atoms. The van der Waals surface area contributed by atoms with Crippen molar-refractivity contribution in [3.63, 3.8) is 0 Å². The number of amides is 1. The third kappa shape index (κ3) is 3.38. The average molecular weight is 386 g/mol. The van der Waals surface area contributed by atoms with Crippen LogP contribution in [0.1, 0.15) is 5.56 Å². The largest absolute Gasteiger partial charge is 0.454 e. The summed E-state index contributed by atoms with van der Waals surface area (Å²) in [5, 5.41) is 2.97. The third-order valence-electron chi connectivity index (χ3n) is 4.80. The molecule has 0 bridgehead atoms. The SMILES string of the molecule is O=C(Cn1c(-c2cccnc2)nc2ccccc21)NCc1ccc2c(c1)OCO2. The van der Waals surface area contributed by atoms with E-state index in [0.717, 1.165) is 33.7 Å². The fourth-order valence-electron chi connectivity index (χ4n) is 3.40. The number of nitrogens with zero attached hydrogens (tertiary/aromatic N) is 3. The summed E-state index contributed by atoms with van der Waals surface area (Å²) < 4.78 is 12.6. The highest BCUT2D eigenvalue weighted by Gasteiger charge is 2.16. The van der Waals surface area contributed by atoms with Gasteiger partial charge in [-0.1, -0.05) is 18.2 Å². The minimum absolute atomic E-state index is 0.101. The molecule has 144 valence electrons. The molecule has 4 aromatic rings. The van der Waals surface area contributed by atoms with Crippen LogP contribution in [-0.2, 0) is 17.9 Å². The molecule has 1 aliphatic heterocycles. The van der Waals surface area contributed by atoms with E-state index in [1.54, 1.807) is 12.4 Å². The summed E-state index contributed by atoms with van der Waals surface area (Å²) in [4.78, 5) is 21.6. The molecule has 0 radical (unpaired) electrons. The molecule has 0 aliphatic carbocycles. The normalized spacial score (nSPS) is 12.3. The second-order valence-electron chi connectivity index (χ2n) is 6.72. The zero-order chi connectivity index (χ0) is 19.6. The van der Waals surface area contributed by atoms with Gasteiger partial charge in [-0.15, -0.1) is 0 Å². The number of aromatic nitrogens is 3. The van der Waals surface area contributed by atoms with Gasteiger partial charge in [-0.3, -0.25) is 9.78 Å². The van der Waals surface area contributed by atoms with Crippen LogP contribution in [0.15, 0.2) is 67.0 Å². The van der Waals surface area contributed by atoms with Crippen LogP contribution in [0.2, 0.25) is 0 Å². The predicted molar refractivity (Wildman–Crippen MR) is 107 cm³/mol. The van der Waals surface area contributed by atoms with E-state index in [1.807, 2.05) is 59.2 Å². The molecule has 2 aromatic carbocycles. The number of para-hydroxylation sites is 2. The molecule has 1 amide bonds. The van der Waals surface area contributed by atoms with Crippen LogP contribution >= 0.6 is 0 Å². The van der Waals surface area contributed by atoms with Crippen molar-refractivity contribution in [1.82, 2.24) is 19.9 Å². The number of carbonyl (C=O) groups is 1. The Morgan fingerprint density at radius 1 is 1.07 bits per heavy atom. The van der Waals surface area contributed by atoms with E-state index in [0.29, 0.717) is 12.3 Å². The second-order valence-corrected chi connectivity index (χ2v) is 6.72. The van der Waals surface area contributed by atoms with Gasteiger partial charge >= 0.3 is 0 Å². The molecule has 0 fully saturated rings. The Balaban J connectivity index is 1.37. The lowest BCUT2D eigenvalue weighted by atomic mass is 10.2. The van der Waals surface area contributed by atoms with E-state index in [-0.39, 0.29) is 19.2 Å². The van der Waals surface area contributed by atoms with E-state index in [9.17, 15) is 4.79 Å². The van der Waals surface area contributed by atoms with Crippen molar-refractivity contribution in [2.45, 2.75) is 13.1 Å². The Morgan fingerprint density at radius 2 is 1.97 bits per heavy atom. The minimum atomic E-state index is -0.101. The molecule has 0 unspecified atom stereocenters. The van der Waals surface area contributed by atoms with Gasteiger partial charge in [0.25, 0.3) is 0 Å². The molecule has 1 N–H and O–H groups in total. The van der Waals surface area contributed by atoms with Gasteiger partial charge in [-0.25, -0.2) is 4.98 Å². The lowest BCUT2D eigenvalue weighted by molar-refractivity contribution is -0.121. The van der Waals surface area contributed by atoms with Crippen molar-refractivity contribution >= 4 is 16.9 Å². The highest BCUT2D eigenvalue weighted by molar-refractivity contribution is 5.84. The van der Waals surface area contributed by atoms with Gasteiger partial charge in [0.15, 0.2) is 11.5 Å². The van der Waals surface area contributed by atoms with Gasteiger partial charge in [0.05, 0.1) is 11.0 Å². The first-order valence-corrected chi connectivity index (χ1v) is 9.29. The zero-order valence-corrected chi connectivity index (χ0v) is 15.5. The topological polar surface area (TPSA) is 78.3 Å². The van der Waals surface area contributed by atoms with Crippen molar-refractivity contribution in [2.24, 2.45) is 0 Å². The lowest BCUT2D eigenvalue weighted by Crippen LogP contribution is -2.27. The van der Waals surface area contributed by atoms with E-state index in [4.69, 9.17) is 14.5 Å². The molecule has 5 rings (SSSR count). The van der Waals surface area contributed by atoms with Crippen molar-refractivity contribution in [2.75, 3.05) is 6.79 Å². The number of hydrogen-bond donors (Lipinski definition) is 1. The summed E-state index contributed by atoms with van der Waals surface area (Å²) in [5.74, 6) is 2.05. The maximum Gasteiger partial charge on any atom is 0.240 e. The number of rotatable bonds is 5.